The van der Waals surface area contributed by atoms with Gasteiger partial charge in [-0.15, -0.1) is 0 Å². The van der Waals surface area contributed by atoms with Gasteiger partial charge in [0.1, 0.15) is 0 Å². The molecule has 1 aromatic heterocycles. The highest BCUT2D eigenvalue weighted by Gasteiger charge is 2.09. The highest BCUT2D eigenvalue weighted by molar-refractivity contribution is 7.90. The fourth-order valence-electron chi connectivity index (χ4n) is 0.290. The van der Waals surface area contributed by atoms with E-state index >= 15 is 0 Å². The molecule has 0 spiro atoms. The van der Waals surface area contributed by atoms with Crippen LogP contribution < -0.4 is 0 Å². The van der Waals surface area contributed by atoms with Crippen LogP contribution in [0.1, 0.15) is 0 Å². The first kappa shape index (κ1) is 6.63. The molecule has 0 atom stereocenters. The molecular formula is C3H3N2O2S2. The molecular weight excluding hydrogens is 160 g/mol. The van der Waals surface area contributed by atoms with E-state index in [2.05, 4.69) is 14.9 Å². The van der Waals surface area contributed by atoms with Gasteiger partial charge in [0, 0.05) is 6.26 Å². The average Bonchev–Trinajstić information content (AvgIpc) is 2.08. The van der Waals surface area contributed by atoms with Gasteiger partial charge in [0.2, 0.25) is 9.84 Å². The smallest absolute Gasteiger partial charge is 0.221 e. The quantitative estimate of drug-likeness (QED) is 0.572. The predicted octanol–water partition coefficient (Wildman–Crippen LogP) is -0.258. The van der Waals surface area contributed by atoms with Crippen molar-refractivity contribution in [3.63, 3.8) is 0 Å². The van der Waals surface area contributed by atoms with E-state index in [1.807, 2.05) is 0 Å². The lowest BCUT2D eigenvalue weighted by atomic mass is 11.3. The molecule has 0 saturated carbocycles. The zero-order valence-corrected chi connectivity index (χ0v) is 6.16. The second-order valence-corrected chi connectivity index (χ2v) is 3.90. The maximum absolute atomic E-state index is 10.6. The first-order valence-corrected chi connectivity index (χ1v) is 4.67. The number of rotatable bonds is 1. The van der Waals surface area contributed by atoms with Crippen molar-refractivity contribution in [3.8, 4) is 0 Å². The minimum absolute atomic E-state index is 0.146. The number of nitrogens with zero attached hydrogens (tertiary/aromatic N) is 2. The second kappa shape index (κ2) is 2.03. The summed E-state index contributed by atoms with van der Waals surface area (Å²) in [6.07, 6.45) is 1.06. The van der Waals surface area contributed by atoms with Gasteiger partial charge in [0.05, 0.1) is 0 Å². The van der Waals surface area contributed by atoms with Crippen molar-refractivity contribution in [2.45, 2.75) is 5.16 Å². The first-order valence-electron chi connectivity index (χ1n) is 2.00. The van der Waals surface area contributed by atoms with Crippen LogP contribution in [0.4, 0.5) is 0 Å². The molecule has 4 nitrogen and oxygen atoms in total. The molecule has 6 heteroatoms. The van der Waals surface area contributed by atoms with Crippen molar-refractivity contribution in [3.05, 3.63) is 5.51 Å². The maximum Gasteiger partial charge on any atom is 0.259 e. The molecule has 0 aliphatic carbocycles. The van der Waals surface area contributed by atoms with E-state index < -0.39 is 9.84 Å². The molecule has 0 bridgehead atoms. The highest BCUT2D eigenvalue weighted by atomic mass is 32.2. The molecule has 0 N–H and O–H groups in total. The van der Waals surface area contributed by atoms with Crippen LogP contribution in [0.2, 0.25) is 0 Å². The molecule has 0 amide bonds. The molecule has 1 aromatic rings. The van der Waals surface area contributed by atoms with Crippen molar-refractivity contribution in [1.29, 1.82) is 0 Å². The number of hydrogen-bond acceptors (Lipinski definition) is 5. The zero-order chi connectivity index (χ0) is 6.91. The zero-order valence-electron chi connectivity index (χ0n) is 4.53. The summed E-state index contributed by atoms with van der Waals surface area (Å²) in [5.41, 5.74) is 2.34. The van der Waals surface area contributed by atoms with Gasteiger partial charge in [-0.3, -0.25) is 0 Å². The molecule has 1 heterocycles. The van der Waals surface area contributed by atoms with Gasteiger partial charge in [-0.2, -0.15) is 4.37 Å². The van der Waals surface area contributed by atoms with Gasteiger partial charge >= 0.3 is 0 Å². The van der Waals surface area contributed by atoms with E-state index in [-0.39, 0.29) is 5.16 Å². The van der Waals surface area contributed by atoms with Crippen LogP contribution in [0, 0.1) is 5.51 Å². The van der Waals surface area contributed by atoms with E-state index in [1.165, 1.54) is 0 Å². The van der Waals surface area contributed by atoms with Crippen LogP contribution in [0.3, 0.4) is 0 Å². The van der Waals surface area contributed by atoms with Crippen molar-refractivity contribution in [2.24, 2.45) is 0 Å². The largest absolute Gasteiger partial charge is 0.259 e. The Morgan fingerprint density at radius 1 is 1.67 bits per heavy atom. The Hall–Kier alpha value is -0.490. The summed E-state index contributed by atoms with van der Waals surface area (Å²) < 4.78 is 24.6. The lowest BCUT2D eigenvalue weighted by Crippen LogP contribution is -1.98. The summed E-state index contributed by atoms with van der Waals surface area (Å²) in [6.45, 7) is 0. The SMILES string of the molecule is CS(=O)(=O)c1n[c]sn1. The van der Waals surface area contributed by atoms with E-state index in [9.17, 15) is 8.42 Å². The van der Waals surface area contributed by atoms with Gasteiger partial charge in [-0.05, 0) is 11.5 Å². The summed E-state index contributed by atoms with van der Waals surface area (Å²) in [5, 5.41) is -0.146. The number of aromatic nitrogens is 2. The van der Waals surface area contributed by atoms with Crippen LogP contribution in [-0.4, -0.2) is 24.0 Å². The van der Waals surface area contributed by atoms with Crippen LogP contribution in [0.15, 0.2) is 5.16 Å². The average molecular weight is 163 g/mol. The highest BCUT2D eigenvalue weighted by Crippen LogP contribution is 2.00. The Kier molecular flexibility index (Phi) is 1.50. The lowest BCUT2D eigenvalue weighted by molar-refractivity contribution is 0.595. The Bertz CT molecular complexity index is 275. The van der Waals surface area contributed by atoms with Crippen molar-refractivity contribution < 1.29 is 8.42 Å². The third kappa shape index (κ3) is 1.46. The van der Waals surface area contributed by atoms with E-state index in [0.717, 1.165) is 17.8 Å². The summed E-state index contributed by atoms with van der Waals surface area (Å²) in [4.78, 5) is 3.38. The topological polar surface area (TPSA) is 59.9 Å². The molecule has 0 aliphatic heterocycles. The van der Waals surface area contributed by atoms with Crippen LogP contribution in [0.5, 0.6) is 0 Å². The first-order chi connectivity index (χ1) is 4.11. The monoisotopic (exact) mass is 163 g/mol. The van der Waals surface area contributed by atoms with Crippen LogP contribution in [0.25, 0.3) is 0 Å². The Morgan fingerprint density at radius 2 is 2.33 bits per heavy atom. The van der Waals surface area contributed by atoms with Gasteiger partial charge in [-0.25, -0.2) is 13.4 Å². The van der Waals surface area contributed by atoms with Crippen LogP contribution in [-0.2, 0) is 9.84 Å². The Labute approximate surface area is 56.6 Å². The third-order valence-electron chi connectivity index (χ3n) is 0.637. The van der Waals surface area contributed by atoms with Crippen molar-refractivity contribution >= 4 is 21.4 Å². The molecule has 1 radical (unpaired) electrons. The van der Waals surface area contributed by atoms with Gasteiger partial charge in [0.25, 0.3) is 5.16 Å². The Morgan fingerprint density at radius 3 is 2.56 bits per heavy atom. The molecule has 9 heavy (non-hydrogen) atoms. The van der Waals surface area contributed by atoms with E-state index in [1.54, 1.807) is 0 Å². The molecule has 0 unspecified atom stereocenters. The predicted molar refractivity (Wildman–Crippen MR) is 31.9 cm³/mol. The minimum atomic E-state index is -3.20. The summed E-state index contributed by atoms with van der Waals surface area (Å²) in [7, 11) is -3.20. The normalized spacial score (nSPS) is 11.7. The van der Waals surface area contributed by atoms with Crippen LogP contribution >= 0.6 is 11.5 Å². The third-order valence-corrected chi connectivity index (χ3v) is 2.04. The second-order valence-electron chi connectivity index (χ2n) is 1.44. The van der Waals surface area contributed by atoms with E-state index in [0.29, 0.717) is 0 Å². The molecule has 0 aromatic carbocycles. The molecule has 1 rings (SSSR count). The minimum Gasteiger partial charge on any atom is -0.221 e. The number of hydrogen-bond donors (Lipinski definition) is 0. The van der Waals surface area contributed by atoms with Gasteiger partial charge in [-0.1, -0.05) is 0 Å². The number of sulfone groups is 1. The summed E-state index contributed by atoms with van der Waals surface area (Å²) >= 11 is 0.901. The standard InChI is InChI=1S/C3H3N2O2S2/c1-9(6,7)3-4-2-8-5-3/h1H3. The Balaban J connectivity index is 3.20. The summed E-state index contributed by atoms with van der Waals surface area (Å²) in [5.74, 6) is 0. The van der Waals surface area contributed by atoms with Crippen molar-refractivity contribution in [2.75, 3.05) is 6.26 Å². The van der Waals surface area contributed by atoms with E-state index in [4.69, 9.17) is 0 Å². The maximum atomic E-state index is 10.6. The summed E-state index contributed by atoms with van der Waals surface area (Å²) in [6, 6.07) is 0. The molecule has 0 fully saturated rings. The lowest BCUT2D eigenvalue weighted by Gasteiger charge is -1.83. The fourth-order valence-corrected chi connectivity index (χ4v) is 1.50. The molecule has 0 aliphatic rings. The van der Waals surface area contributed by atoms with Gasteiger partial charge in [0.15, 0.2) is 5.51 Å². The van der Waals surface area contributed by atoms with Gasteiger partial charge < -0.3 is 0 Å². The molecule has 49 valence electrons. The van der Waals surface area contributed by atoms with Crippen molar-refractivity contribution in [1.82, 2.24) is 9.36 Å². The molecule has 0 saturated heterocycles. The fraction of sp³-hybridized carbons (Fsp3) is 0.333.